The van der Waals surface area contributed by atoms with E-state index in [2.05, 4.69) is 15.6 Å². The molecule has 0 aliphatic carbocycles. The number of carbonyl (C=O) groups is 2. The second-order valence-electron chi connectivity index (χ2n) is 5.15. The molecule has 2 amide bonds. The monoisotopic (exact) mass is 311 g/mol. The lowest BCUT2D eigenvalue weighted by atomic mass is 9.98. The van der Waals surface area contributed by atoms with Gasteiger partial charge in [-0.1, -0.05) is 5.21 Å². The highest BCUT2D eigenvalue weighted by Crippen LogP contribution is 2.16. The third-order valence-electron chi connectivity index (χ3n) is 3.57. The van der Waals surface area contributed by atoms with Gasteiger partial charge in [0.1, 0.15) is 6.54 Å². The molecule has 0 saturated carbocycles. The minimum Gasteiger partial charge on any atom is -0.450 e. The number of piperidine rings is 1. The number of aliphatic hydroxyl groups excluding tert-OH is 1. The van der Waals surface area contributed by atoms with Crippen LogP contribution in [0.4, 0.5) is 10.6 Å². The molecule has 0 unspecified atom stereocenters. The van der Waals surface area contributed by atoms with Gasteiger partial charge >= 0.3 is 6.09 Å². The highest BCUT2D eigenvalue weighted by Gasteiger charge is 2.22. The maximum Gasteiger partial charge on any atom is 0.412 e. The number of nitrogens with one attached hydrogen (secondary N) is 1. The number of amides is 2. The summed E-state index contributed by atoms with van der Waals surface area (Å²) in [5.41, 5.74) is 0. The largest absolute Gasteiger partial charge is 0.450 e. The van der Waals surface area contributed by atoms with E-state index in [9.17, 15) is 9.59 Å². The van der Waals surface area contributed by atoms with Gasteiger partial charge in [0.25, 0.3) is 0 Å². The van der Waals surface area contributed by atoms with Gasteiger partial charge in [-0.2, -0.15) is 0 Å². The summed E-state index contributed by atoms with van der Waals surface area (Å²) < 4.78 is 6.11. The van der Waals surface area contributed by atoms with E-state index in [0.29, 0.717) is 13.1 Å². The third kappa shape index (κ3) is 4.42. The zero-order valence-corrected chi connectivity index (χ0v) is 12.6. The zero-order chi connectivity index (χ0) is 15.9. The predicted octanol–water partition coefficient (Wildman–Crippen LogP) is 0.0774. The molecule has 0 spiro atoms. The molecule has 2 heterocycles. The van der Waals surface area contributed by atoms with Gasteiger partial charge in [0.2, 0.25) is 5.91 Å². The lowest BCUT2D eigenvalue weighted by Crippen LogP contribution is -2.40. The molecule has 1 aromatic rings. The van der Waals surface area contributed by atoms with E-state index in [1.807, 2.05) is 0 Å². The van der Waals surface area contributed by atoms with Crippen molar-refractivity contribution in [2.24, 2.45) is 5.92 Å². The molecule has 9 nitrogen and oxygen atoms in total. The van der Waals surface area contributed by atoms with E-state index >= 15 is 0 Å². The molecule has 0 bridgehead atoms. The highest BCUT2D eigenvalue weighted by atomic mass is 16.5. The van der Waals surface area contributed by atoms with Gasteiger partial charge in [0.05, 0.1) is 12.8 Å². The summed E-state index contributed by atoms with van der Waals surface area (Å²) in [7, 11) is 0. The van der Waals surface area contributed by atoms with Crippen LogP contribution < -0.4 is 5.32 Å². The Morgan fingerprint density at radius 2 is 2.18 bits per heavy atom. The molecule has 2 N–H and O–H groups in total. The Morgan fingerprint density at radius 1 is 1.45 bits per heavy atom. The number of ether oxygens (including phenoxy) is 1. The Balaban J connectivity index is 1.82. The van der Waals surface area contributed by atoms with Crippen molar-refractivity contribution < 1.29 is 19.4 Å². The van der Waals surface area contributed by atoms with E-state index in [1.54, 1.807) is 11.8 Å². The molecule has 1 fully saturated rings. The lowest BCUT2D eigenvalue weighted by Gasteiger charge is -2.31. The van der Waals surface area contributed by atoms with E-state index in [0.717, 1.165) is 12.8 Å². The Bertz CT molecular complexity index is 510. The van der Waals surface area contributed by atoms with Crippen LogP contribution in [0.15, 0.2) is 6.20 Å². The number of anilines is 1. The fraction of sp³-hybridized carbons (Fsp3) is 0.692. The van der Waals surface area contributed by atoms with E-state index in [1.165, 1.54) is 10.9 Å². The molecular formula is C13H21N5O4. The second-order valence-corrected chi connectivity index (χ2v) is 5.15. The van der Waals surface area contributed by atoms with Crippen LogP contribution in [0.5, 0.6) is 0 Å². The first kappa shape index (κ1) is 16.2. The van der Waals surface area contributed by atoms with Crippen molar-refractivity contribution in [2.75, 3.05) is 31.6 Å². The van der Waals surface area contributed by atoms with Crippen LogP contribution >= 0.6 is 0 Å². The van der Waals surface area contributed by atoms with Crippen LogP contribution in [0.3, 0.4) is 0 Å². The molecule has 0 aromatic carbocycles. The number of hydrogen-bond acceptors (Lipinski definition) is 6. The molecule has 22 heavy (non-hydrogen) atoms. The quantitative estimate of drug-likeness (QED) is 0.797. The summed E-state index contributed by atoms with van der Waals surface area (Å²) in [6, 6.07) is 0. The van der Waals surface area contributed by atoms with Crippen molar-refractivity contribution >= 4 is 17.8 Å². The summed E-state index contributed by atoms with van der Waals surface area (Å²) >= 11 is 0. The maximum absolute atomic E-state index is 12.2. The Labute approximate surface area is 128 Å². The molecule has 1 aliphatic rings. The molecule has 1 aliphatic heterocycles. The van der Waals surface area contributed by atoms with Gasteiger partial charge in [-0.3, -0.25) is 10.1 Å². The fourth-order valence-electron chi connectivity index (χ4n) is 2.31. The van der Waals surface area contributed by atoms with Gasteiger partial charge < -0.3 is 14.7 Å². The molecule has 1 saturated heterocycles. The van der Waals surface area contributed by atoms with Crippen LogP contribution in [0.1, 0.15) is 19.8 Å². The maximum atomic E-state index is 12.2. The molecule has 122 valence electrons. The normalized spacial score (nSPS) is 15.6. The number of aromatic nitrogens is 3. The number of likely N-dealkylation sites (tertiary alicyclic amines) is 1. The molecule has 2 rings (SSSR count). The lowest BCUT2D eigenvalue weighted by molar-refractivity contribution is -0.133. The summed E-state index contributed by atoms with van der Waals surface area (Å²) in [5, 5.41) is 19.1. The minimum atomic E-state index is -0.605. The van der Waals surface area contributed by atoms with Crippen molar-refractivity contribution in [2.45, 2.75) is 26.3 Å². The van der Waals surface area contributed by atoms with Crippen molar-refractivity contribution in [3.8, 4) is 0 Å². The topological polar surface area (TPSA) is 110 Å². The molecular weight excluding hydrogens is 290 g/mol. The van der Waals surface area contributed by atoms with E-state index in [-0.39, 0.29) is 37.4 Å². The summed E-state index contributed by atoms with van der Waals surface area (Å²) in [4.78, 5) is 25.2. The van der Waals surface area contributed by atoms with Crippen LogP contribution in [0, 0.1) is 5.92 Å². The number of aliphatic hydroxyl groups is 1. The fourth-order valence-corrected chi connectivity index (χ4v) is 2.31. The standard InChI is InChI=1S/C13H21N5O4/c1-2-22-13(21)14-11-7-18(16-15-11)8-12(20)17-5-3-10(9-19)4-6-17/h7,10,19H,2-6,8-9H2,1H3,(H,14,21). The van der Waals surface area contributed by atoms with Crippen LogP contribution in [-0.4, -0.2) is 63.3 Å². The summed E-state index contributed by atoms with van der Waals surface area (Å²) in [6.07, 6.45) is 2.51. The second kappa shape index (κ2) is 7.74. The Morgan fingerprint density at radius 3 is 2.82 bits per heavy atom. The zero-order valence-electron chi connectivity index (χ0n) is 12.6. The molecule has 9 heteroatoms. The van der Waals surface area contributed by atoms with Crippen LogP contribution in [-0.2, 0) is 16.1 Å². The van der Waals surface area contributed by atoms with Crippen molar-refractivity contribution in [1.82, 2.24) is 19.9 Å². The van der Waals surface area contributed by atoms with E-state index in [4.69, 9.17) is 9.84 Å². The molecule has 0 radical (unpaired) electrons. The van der Waals surface area contributed by atoms with Gasteiger partial charge in [-0.05, 0) is 25.7 Å². The van der Waals surface area contributed by atoms with Gasteiger partial charge in [-0.15, -0.1) is 5.10 Å². The van der Waals surface area contributed by atoms with Gasteiger partial charge in [-0.25, -0.2) is 9.48 Å². The molecule has 0 atom stereocenters. The Kier molecular flexibility index (Phi) is 5.70. The third-order valence-corrected chi connectivity index (χ3v) is 3.57. The predicted molar refractivity (Wildman–Crippen MR) is 77.1 cm³/mol. The van der Waals surface area contributed by atoms with Crippen molar-refractivity contribution in [3.63, 3.8) is 0 Å². The summed E-state index contributed by atoms with van der Waals surface area (Å²) in [5.74, 6) is 0.477. The smallest absolute Gasteiger partial charge is 0.412 e. The first-order valence-electron chi connectivity index (χ1n) is 7.35. The molecule has 1 aromatic heterocycles. The number of rotatable bonds is 5. The van der Waals surface area contributed by atoms with Gasteiger partial charge in [0, 0.05) is 19.7 Å². The first-order chi connectivity index (χ1) is 10.6. The minimum absolute atomic E-state index is 0.0519. The number of nitrogens with zero attached hydrogens (tertiary/aromatic N) is 4. The SMILES string of the molecule is CCOC(=O)Nc1cn(CC(=O)N2CCC(CO)CC2)nn1. The first-order valence-corrected chi connectivity index (χ1v) is 7.35. The van der Waals surface area contributed by atoms with Crippen molar-refractivity contribution in [3.05, 3.63) is 6.20 Å². The van der Waals surface area contributed by atoms with E-state index < -0.39 is 6.09 Å². The van der Waals surface area contributed by atoms with Gasteiger partial charge in [0.15, 0.2) is 5.82 Å². The highest BCUT2D eigenvalue weighted by molar-refractivity contribution is 5.83. The van der Waals surface area contributed by atoms with Crippen molar-refractivity contribution in [1.29, 1.82) is 0 Å². The number of carbonyl (C=O) groups excluding carboxylic acids is 2. The summed E-state index contributed by atoms with van der Waals surface area (Å²) in [6.45, 7) is 3.51. The average molecular weight is 311 g/mol. The Hall–Kier alpha value is -2.16. The van der Waals surface area contributed by atoms with Crippen LogP contribution in [0.25, 0.3) is 0 Å². The number of hydrogen-bond donors (Lipinski definition) is 2. The van der Waals surface area contributed by atoms with Crippen LogP contribution in [0.2, 0.25) is 0 Å². The average Bonchev–Trinajstić information content (AvgIpc) is 2.94.